The van der Waals surface area contributed by atoms with E-state index in [9.17, 15) is 4.79 Å². The number of carboxylic acid groups (broad SMARTS) is 1. The Kier molecular flexibility index (Phi) is 3.15. The predicted molar refractivity (Wildman–Crippen MR) is 73.2 cm³/mol. The quantitative estimate of drug-likeness (QED) is 0.624. The van der Waals surface area contributed by atoms with Gasteiger partial charge in [0.15, 0.2) is 5.75 Å². The number of rotatable bonds is 3. The molecule has 0 aliphatic rings. The highest BCUT2D eigenvalue weighted by Gasteiger charge is 2.13. The average Bonchev–Trinajstić information content (AvgIpc) is 2.35. The fourth-order valence-electron chi connectivity index (χ4n) is 1.56. The van der Waals surface area contributed by atoms with Crippen molar-refractivity contribution in [2.45, 2.75) is 0 Å². The number of hydrogen-bond acceptors (Lipinski definition) is 5. The first-order valence-electron chi connectivity index (χ1n) is 5.43. The van der Waals surface area contributed by atoms with Crippen molar-refractivity contribution in [3.8, 4) is 11.5 Å². The van der Waals surface area contributed by atoms with Crippen molar-refractivity contribution in [3.63, 3.8) is 0 Å². The van der Waals surface area contributed by atoms with Crippen molar-refractivity contribution < 1.29 is 14.6 Å². The van der Waals surface area contributed by atoms with E-state index < -0.39 is 5.97 Å². The molecule has 2 aromatic rings. The number of ether oxygens (including phenoxy) is 1. The summed E-state index contributed by atoms with van der Waals surface area (Å²) in [5.41, 5.74) is 18.1. The minimum absolute atomic E-state index is 0.0400. The lowest BCUT2D eigenvalue weighted by Crippen LogP contribution is -2.02. The first-order valence-corrected chi connectivity index (χ1v) is 5.43. The minimum atomic E-state index is -1.13. The van der Waals surface area contributed by atoms with Gasteiger partial charge < -0.3 is 27.0 Å². The van der Waals surface area contributed by atoms with Gasteiger partial charge in [-0.1, -0.05) is 0 Å². The van der Waals surface area contributed by atoms with Crippen LogP contribution in [0.5, 0.6) is 11.5 Å². The van der Waals surface area contributed by atoms with Crippen LogP contribution in [0.3, 0.4) is 0 Å². The Hall–Kier alpha value is -2.89. The van der Waals surface area contributed by atoms with Gasteiger partial charge in [-0.2, -0.15) is 0 Å². The zero-order valence-electron chi connectivity index (χ0n) is 9.96. The Labute approximate surface area is 109 Å². The molecule has 0 heterocycles. The van der Waals surface area contributed by atoms with Crippen LogP contribution in [-0.2, 0) is 0 Å². The maximum absolute atomic E-state index is 11.1. The Morgan fingerprint density at radius 2 is 1.58 bits per heavy atom. The molecular formula is C13H13N3O3. The van der Waals surface area contributed by atoms with Crippen LogP contribution in [0, 0.1) is 0 Å². The predicted octanol–water partition coefficient (Wildman–Crippen LogP) is 1.92. The van der Waals surface area contributed by atoms with Gasteiger partial charge in [-0.05, 0) is 30.3 Å². The fraction of sp³-hybridized carbons (Fsp3) is 0. The first kappa shape index (κ1) is 12.6. The van der Waals surface area contributed by atoms with Crippen LogP contribution in [0.4, 0.5) is 17.1 Å². The molecule has 19 heavy (non-hydrogen) atoms. The summed E-state index contributed by atoms with van der Waals surface area (Å²) in [4.78, 5) is 11.1. The summed E-state index contributed by atoms with van der Waals surface area (Å²) >= 11 is 0. The number of nitrogens with two attached hydrogens (primary N) is 3. The lowest BCUT2D eigenvalue weighted by atomic mass is 10.2. The number of aromatic carboxylic acids is 1. The lowest BCUT2D eigenvalue weighted by Gasteiger charge is -2.11. The van der Waals surface area contributed by atoms with Crippen LogP contribution in [-0.4, -0.2) is 11.1 Å². The zero-order valence-corrected chi connectivity index (χ0v) is 9.96. The molecule has 0 atom stereocenters. The van der Waals surface area contributed by atoms with E-state index in [1.54, 1.807) is 18.2 Å². The second kappa shape index (κ2) is 4.77. The van der Waals surface area contributed by atoms with Gasteiger partial charge in [-0.3, -0.25) is 0 Å². The van der Waals surface area contributed by atoms with Crippen molar-refractivity contribution in [1.29, 1.82) is 0 Å². The van der Waals surface area contributed by atoms with Gasteiger partial charge in [-0.15, -0.1) is 0 Å². The molecule has 0 saturated heterocycles. The van der Waals surface area contributed by atoms with E-state index in [2.05, 4.69) is 0 Å². The minimum Gasteiger partial charge on any atom is -0.478 e. The SMILES string of the molecule is Nc1ccc(N)c(Oc2ccc(N)cc2C(=O)O)c1. The van der Waals surface area contributed by atoms with E-state index in [0.29, 0.717) is 22.8 Å². The van der Waals surface area contributed by atoms with Crippen LogP contribution in [0.25, 0.3) is 0 Å². The van der Waals surface area contributed by atoms with Gasteiger partial charge in [0.1, 0.15) is 11.3 Å². The lowest BCUT2D eigenvalue weighted by molar-refractivity contribution is 0.0694. The monoisotopic (exact) mass is 259 g/mol. The number of nitrogen functional groups attached to an aromatic ring is 3. The number of carboxylic acids is 1. The van der Waals surface area contributed by atoms with Crippen molar-refractivity contribution in [3.05, 3.63) is 42.0 Å². The highest BCUT2D eigenvalue weighted by Crippen LogP contribution is 2.32. The van der Waals surface area contributed by atoms with E-state index in [0.717, 1.165) is 0 Å². The molecule has 0 spiro atoms. The third-order valence-electron chi connectivity index (χ3n) is 2.49. The second-order valence-electron chi connectivity index (χ2n) is 3.96. The molecule has 0 amide bonds. The summed E-state index contributed by atoms with van der Waals surface area (Å²) in [5.74, 6) is -0.684. The third kappa shape index (κ3) is 2.68. The van der Waals surface area contributed by atoms with E-state index in [1.165, 1.54) is 18.2 Å². The molecule has 7 N–H and O–H groups in total. The molecule has 0 aliphatic heterocycles. The van der Waals surface area contributed by atoms with Gasteiger partial charge in [0.05, 0.1) is 5.69 Å². The highest BCUT2D eigenvalue weighted by atomic mass is 16.5. The van der Waals surface area contributed by atoms with Crippen LogP contribution >= 0.6 is 0 Å². The smallest absolute Gasteiger partial charge is 0.339 e. The Morgan fingerprint density at radius 1 is 0.947 bits per heavy atom. The molecule has 0 fully saturated rings. The topological polar surface area (TPSA) is 125 Å². The average molecular weight is 259 g/mol. The summed E-state index contributed by atoms with van der Waals surface area (Å²) in [7, 11) is 0. The van der Waals surface area contributed by atoms with Gasteiger partial charge in [0.2, 0.25) is 0 Å². The van der Waals surface area contributed by atoms with Crippen LogP contribution in [0.1, 0.15) is 10.4 Å². The summed E-state index contributed by atoms with van der Waals surface area (Å²) in [6, 6.07) is 9.08. The van der Waals surface area contributed by atoms with Crippen LogP contribution in [0.15, 0.2) is 36.4 Å². The van der Waals surface area contributed by atoms with Gasteiger partial charge in [0, 0.05) is 17.4 Å². The molecule has 98 valence electrons. The molecule has 0 bridgehead atoms. The summed E-state index contributed by atoms with van der Waals surface area (Å²) in [6.45, 7) is 0. The standard InChI is InChI=1S/C13H13N3O3/c14-7-2-4-11(9(5-7)13(17)18)19-12-6-8(15)1-3-10(12)16/h1-6H,14-16H2,(H,17,18). The molecule has 0 aromatic heterocycles. The third-order valence-corrected chi connectivity index (χ3v) is 2.49. The molecule has 0 saturated carbocycles. The zero-order chi connectivity index (χ0) is 14.0. The fourth-order valence-corrected chi connectivity index (χ4v) is 1.56. The molecule has 0 aliphatic carbocycles. The number of carbonyl (C=O) groups is 1. The van der Waals surface area contributed by atoms with E-state index in [1.807, 2.05) is 0 Å². The van der Waals surface area contributed by atoms with Crippen molar-refractivity contribution in [2.24, 2.45) is 0 Å². The molecule has 0 radical (unpaired) electrons. The summed E-state index contributed by atoms with van der Waals surface area (Å²) in [6.07, 6.45) is 0. The molecular weight excluding hydrogens is 246 g/mol. The molecule has 2 rings (SSSR count). The number of hydrogen-bond donors (Lipinski definition) is 4. The van der Waals surface area contributed by atoms with E-state index >= 15 is 0 Å². The number of benzene rings is 2. The molecule has 2 aromatic carbocycles. The van der Waals surface area contributed by atoms with Gasteiger partial charge in [-0.25, -0.2) is 4.79 Å². The molecule has 6 nitrogen and oxygen atoms in total. The second-order valence-corrected chi connectivity index (χ2v) is 3.96. The molecule has 6 heteroatoms. The first-order chi connectivity index (χ1) is 8.97. The highest BCUT2D eigenvalue weighted by molar-refractivity contribution is 5.92. The van der Waals surface area contributed by atoms with E-state index in [4.69, 9.17) is 27.0 Å². The van der Waals surface area contributed by atoms with Crippen LogP contribution in [0.2, 0.25) is 0 Å². The summed E-state index contributed by atoms with van der Waals surface area (Å²) < 4.78 is 5.50. The Balaban J connectivity index is 2.43. The number of anilines is 3. The maximum atomic E-state index is 11.1. The Bertz CT molecular complexity index is 641. The van der Waals surface area contributed by atoms with Crippen molar-refractivity contribution in [2.75, 3.05) is 17.2 Å². The van der Waals surface area contributed by atoms with Crippen molar-refractivity contribution >= 4 is 23.0 Å². The van der Waals surface area contributed by atoms with Gasteiger partial charge >= 0.3 is 5.97 Å². The maximum Gasteiger partial charge on any atom is 0.339 e. The Morgan fingerprint density at radius 3 is 2.26 bits per heavy atom. The molecule has 0 unspecified atom stereocenters. The van der Waals surface area contributed by atoms with E-state index in [-0.39, 0.29) is 11.3 Å². The van der Waals surface area contributed by atoms with Gasteiger partial charge in [0.25, 0.3) is 0 Å². The largest absolute Gasteiger partial charge is 0.478 e. The summed E-state index contributed by atoms with van der Waals surface area (Å²) in [5, 5.41) is 9.10. The van der Waals surface area contributed by atoms with Crippen molar-refractivity contribution in [1.82, 2.24) is 0 Å². The normalized spacial score (nSPS) is 10.1. The van der Waals surface area contributed by atoms with Crippen LogP contribution < -0.4 is 21.9 Å².